The average Bonchev–Trinajstić information content (AvgIpc) is 2.69. The number of hydrogen-bond acceptors (Lipinski definition) is 4. The number of carbonyl (C=O) groups is 1. The molecule has 2 amide bonds. The summed E-state index contributed by atoms with van der Waals surface area (Å²) in [6.45, 7) is 0.831. The van der Waals surface area contributed by atoms with Crippen LogP contribution in [0.2, 0.25) is 0 Å². The molecule has 0 unspecified atom stereocenters. The number of piperidine rings is 1. The van der Waals surface area contributed by atoms with Gasteiger partial charge in [0.1, 0.15) is 5.75 Å². The maximum Gasteiger partial charge on any atom is 0.321 e. The third-order valence-corrected chi connectivity index (χ3v) is 6.86. The number of urea groups is 1. The zero-order valence-electron chi connectivity index (χ0n) is 14.6. The monoisotopic (exact) mass is 374 g/mol. The molecule has 7 heteroatoms. The van der Waals surface area contributed by atoms with Gasteiger partial charge in [-0.3, -0.25) is 0 Å². The van der Waals surface area contributed by atoms with Crippen LogP contribution >= 0.6 is 0 Å². The van der Waals surface area contributed by atoms with Gasteiger partial charge in [-0.05, 0) is 49.2 Å². The normalized spacial score (nSPS) is 15.5. The number of nitrogens with one attached hydrogen (secondary N) is 1. The summed E-state index contributed by atoms with van der Waals surface area (Å²) in [5.41, 5.74) is 0.727. The Bertz CT molecular complexity index is 843. The number of likely N-dealkylation sites (tertiary alicyclic amines) is 1. The van der Waals surface area contributed by atoms with Crippen LogP contribution in [0.5, 0.6) is 5.75 Å². The van der Waals surface area contributed by atoms with Crippen LogP contribution in [-0.2, 0) is 9.84 Å². The second kappa shape index (κ2) is 7.78. The highest BCUT2D eigenvalue weighted by atomic mass is 32.2. The van der Waals surface area contributed by atoms with Gasteiger partial charge in [0.15, 0.2) is 9.84 Å². The number of carbonyl (C=O) groups excluding carboxylic acids is 1. The van der Waals surface area contributed by atoms with Crippen LogP contribution in [0.25, 0.3) is 0 Å². The first-order chi connectivity index (χ1) is 12.5. The third kappa shape index (κ3) is 3.99. The van der Waals surface area contributed by atoms with Gasteiger partial charge in [-0.1, -0.05) is 18.2 Å². The lowest BCUT2D eigenvalue weighted by Crippen LogP contribution is -2.44. The van der Waals surface area contributed by atoms with Crippen LogP contribution in [0.15, 0.2) is 59.5 Å². The minimum Gasteiger partial charge on any atom is -0.497 e. The summed E-state index contributed by atoms with van der Waals surface area (Å²) in [7, 11) is -1.87. The van der Waals surface area contributed by atoms with Crippen LogP contribution in [0.4, 0.5) is 10.5 Å². The highest BCUT2D eigenvalue weighted by molar-refractivity contribution is 7.92. The maximum absolute atomic E-state index is 12.8. The van der Waals surface area contributed by atoms with Crippen molar-refractivity contribution in [3.63, 3.8) is 0 Å². The van der Waals surface area contributed by atoms with E-state index in [1.807, 2.05) is 30.3 Å². The molecule has 0 atom stereocenters. The fraction of sp³-hybridized carbons (Fsp3) is 0.316. The van der Waals surface area contributed by atoms with E-state index < -0.39 is 15.1 Å². The lowest BCUT2D eigenvalue weighted by atomic mass is 10.1. The van der Waals surface area contributed by atoms with Crippen molar-refractivity contribution in [2.75, 3.05) is 25.5 Å². The summed E-state index contributed by atoms with van der Waals surface area (Å²) in [6, 6.07) is 15.5. The van der Waals surface area contributed by atoms with Gasteiger partial charge < -0.3 is 15.0 Å². The largest absolute Gasteiger partial charge is 0.497 e. The topological polar surface area (TPSA) is 75.7 Å². The number of ether oxygens (including phenoxy) is 1. The minimum atomic E-state index is -3.41. The van der Waals surface area contributed by atoms with Gasteiger partial charge in [0.2, 0.25) is 0 Å². The summed E-state index contributed by atoms with van der Waals surface area (Å²) in [5, 5.41) is 2.36. The van der Waals surface area contributed by atoms with Crippen molar-refractivity contribution in [2.24, 2.45) is 0 Å². The summed E-state index contributed by atoms with van der Waals surface area (Å²) >= 11 is 0. The van der Waals surface area contributed by atoms with Crippen molar-refractivity contribution in [3.8, 4) is 5.75 Å². The molecule has 2 aromatic rings. The Morgan fingerprint density at radius 3 is 2.23 bits per heavy atom. The van der Waals surface area contributed by atoms with E-state index >= 15 is 0 Å². The summed E-state index contributed by atoms with van der Waals surface area (Å²) in [6.07, 6.45) is 0.854. The molecule has 1 saturated heterocycles. The van der Waals surface area contributed by atoms with E-state index in [1.54, 1.807) is 36.3 Å². The zero-order chi connectivity index (χ0) is 18.6. The van der Waals surface area contributed by atoms with E-state index in [9.17, 15) is 13.2 Å². The predicted molar refractivity (Wildman–Crippen MR) is 100 cm³/mol. The number of anilines is 1. The molecule has 1 fully saturated rings. The van der Waals surface area contributed by atoms with Gasteiger partial charge in [-0.15, -0.1) is 0 Å². The van der Waals surface area contributed by atoms with Crippen LogP contribution in [0, 0.1) is 0 Å². The molecule has 1 aliphatic heterocycles. The molecule has 3 rings (SSSR count). The number of amides is 2. The minimum absolute atomic E-state index is 0.198. The van der Waals surface area contributed by atoms with Gasteiger partial charge >= 0.3 is 6.03 Å². The van der Waals surface area contributed by atoms with E-state index in [2.05, 4.69) is 5.32 Å². The fourth-order valence-corrected chi connectivity index (χ4v) is 4.78. The Hall–Kier alpha value is -2.54. The van der Waals surface area contributed by atoms with E-state index in [1.165, 1.54) is 0 Å². The molecule has 0 saturated carbocycles. The Balaban J connectivity index is 1.61. The van der Waals surface area contributed by atoms with Crippen molar-refractivity contribution in [1.82, 2.24) is 4.90 Å². The average molecular weight is 374 g/mol. The first kappa shape index (κ1) is 18.3. The van der Waals surface area contributed by atoms with Crippen molar-refractivity contribution in [2.45, 2.75) is 23.0 Å². The summed E-state index contributed by atoms with van der Waals surface area (Å²) in [4.78, 5) is 14.3. The van der Waals surface area contributed by atoms with Crippen molar-refractivity contribution < 1.29 is 17.9 Å². The van der Waals surface area contributed by atoms with Gasteiger partial charge in [-0.25, -0.2) is 13.2 Å². The van der Waals surface area contributed by atoms with Crippen LogP contribution in [0.3, 0.4) is 0 Å². The first-order valence-electron chi connectivity index (χ1n) is 8.49. The predicted octanol–water partition coefficient (Wildman–Crippen LogP) is 3.17. The second-order valence-electron chi connectivity index (χ2n) is 6.20. The molecule has 6 nitrogen and oxygen atoms in total. The second-order valence-corrected chi connectivity index (χ2v) is 8.43. The van der Waals surface area contributed by atoms with Crippen LogP contribution < -0.4 is 10.1 Å². The number of hydrogen-bond donors (Lipinski definition) is 1. The number of rotatable bonds is 4. The number of benzene rings is 2. The Labute approximate surface area is 153 Å². The number of para-hydroxylation sites is 1. The lowest BCUT2D eigenvalue weighted by molar-refractivity contribution is 0.200. The van der Waals surface area contributed by atoms with Gasteiger partial charge in [0.05, 0.1) is 17.3 Å². The number of nitrogens with zero attached hydrogens (tertiary/aromatic N) is 1. The molecule has 26 heavy (non-hydrogen) atoms. The molecule has 0 spiro atoms. The molecular formula is C19H22N2O4S. The molecular weight excluding hydrogens is 352 g/mol. The maximum atomic E-state index is 12.8. The van der Waals surface area contributed by atoms with E-state index in [4.69, 9.17) is 4.74 Å². The Morgan fingerprint density at radius 2 is 1.65 bits per heavy atom. The van der Waals surface area contributed by atoms with Crippen molar-refractivity contribution >= 4 is 21.6 Å². The van der Waals surface area contributed by atoms with Gasteiger partial charge in [-0.2, -0.15) is 0 Å². The van der Waals surface area contributed by atoms with Crippen molar-refractivity contribution in [3.05, 3.63) is 54.6 Å². The lowest BCUT2D eigenvalue weighted by Gasteiger charge is -2.31. The highest BCUT2D eigenvalue weighted by Gasteiger charge is 2.32. The van der Waals surface area contributed by atoms with Gasteiger partial charge in [0, 0.05) is 18.8 Å². The molecule has 0 radical (unpaired) electrons. The van der Waals surface area contributed by atoms with E-state index in [0.717, 1.165) is 5.69 Å². The fourth-order valence-electron chi connectivity index (χ4n) is 3.05. The molecule has 1 aliphatic rings. The molecule has 0 aromatic heterocycles. The van der Waals surface area contributed by atoms with E-state index in [-0.39, 0.29) is 6.03 Å². The van der Waals surface area contributed by atoms with Crippen LogP contribution in [0.1, 0.15) is 12.8 Å². The Kier molecular flexibility index (Phi) is 5.46. The Morgan fingerprint density at radius 1 is 1.04 bits per heavy atom. The van der Waals surface area contributed by atoms with Crippen LogP contribution in [-0.4, -0.2) is 44.8 Å². The van der Waals surface area contributed by atoms with E-state index in [0.29, 0.717) is 36.6 Å². The first-order valence-corrected chi connectivity index (χ1v) is 10.0. The smallest absolute Gasteiger partial charge is 0.321 e. The van der Waals surface area contributed by atoms with Gasteiger partial charge in [0.25, 0.3) is 0 Å². The molecule has 0 bridgehead atoms. The zero-order valence-corrected chi connectivity index (χ0v) is 15.4. The highest BCUT2D eigenvalue weighted by Crippen LogP contribution is 2.26. The molecule has 1 heterocycles. The molecule has 0 aliphatic carbocycles. The molecule has 138 valence electrons. The van der Waals surface area contributed by atoms with Crippen molar-refractivity contribution in [1.29, 1.82) is 0 Å². The molecule has 1 N–H and O–H groups in total. The third-order valence-electron chi connectivity index (χ3n) is 4.58. The molecule has 2 aromatic carbocycles. The SMILES string of the molecule is COc1ccc(S(=O)(=O)C2CCN(C(=O)Nc3ccccc3)CC2)cc1. The summed E-state index contributed by atoms with van der Waals surface area (Å²) in [5.74, 6) is 0.622. The number of methoxy groups -OCH3 is 1. The quantitative estimate of drug-likeness (QED) is 0.892. The number of sulfone groups is 1. The standard InChI is InChI=1S/C19H22N2O4S/c1-25-16-7-9-17(10-8-16)26(23,24)18-11-13-21(14-12-18)19(22)20-15-5-3-2-4-6-15/h2-10,18H,11-14H2,1H3,(H,20,22). The summed E-state index contributed by atoms with van der Waals surface area (Å²) < 4.78 is 30.7.